The molecule has 1 fully saturated rings. The van der Waals surface area contributed by atoms with Crippen molar-refractivity contribution in [1.82, 2.24) is 19.3 Å². The largest absolute Gasteiger partial charge is 0.369 e. The van der Waals surface area contributed by atoms with E-state index in [2.05, 4.69) is 15.0 Å². The minimum absolute atomic E-state index is 0.0546. The number of aromatic nitrogens is 3. The number of rotatable bonds is 6. The van der Waals surface area contributed by atoms with Gasteiger partial charge in [0.05, 0.1) is 10.3 Å². The molecule has 0 aliphatic heterocycles. The van der Waals surface area contributed by atoms with E-state index in [1.165, 1.54) is 34.8 Å². The minimum Gasteiger partial charge on any atom is -0.369 e. The van der Waals surface area contributed by atoms with E-state index < -0.39 is 26.2 Å². The first kappa shape index (κ1) is 20.0. The molecule has 0 spiro atoms. The molecule has 0 radical (unpaired) electrons. The van der Waals surface area contributed by atoms with Crippen molar-refractivity contribution in [1.29, 1.82) is 0 Å². The van der Waals surface area contributed by atoms with Crippen LogP contribution >= 0.6 is 0 Å². The van der Waals surface area contributed by atoms with Gasteiger partial charge in [0, 0.05) is 24.8 Å². The van der Waals surface area contributed by atoms with Crippen LogP contribution in [-0.2, 0) is 16.6 Å². The number of nitrogens with one attached hydrogen (secondary N) is 2. The summed E-state index contributed by atoms with van der Waals surface area (Å²) < 4.78 is 28.3. The molecule has 3 aromatic rings. The van der Waals surface area contributed by atoms with Crippen LogP contribution in [0, 0.1) is 10.1 Å². The number of benzene rings is 1. The van der Waals surface area contributed by atoms with Gasteiger partial charge in [0.2, 0.25) is 16.0 Å². The van der Waals surface area contributed by atoms with Crippen molar-refractivity contribution >= 4 is 32.7 Å². The minimum atomic E-state index is -4.21. The van der Waals surface area contributed by atoms with Gasteiger partial charge >= 0.3 is 0 Å². The summed E-state index contributed by atoms with van der Waals surface area (Å²) >= 11 is 0. The van der Waals surface area contributed by atoms with Crippen LogP contribution in [0.2, 0.25) is 0 Å². The topological polar surface area (TPSA) is 168 Å². The Morgan fingerprint density at radius 1 is 1.27 bits per heavy atom. The Bertz CT molecular complexity index is 1280. The molecular weight excluding hydrogens is 412 g/mol. The molecule has 0 atom stereocenters. The zero-order valence-corrected chi connectivity index (χ0v) is 16.7. The van der Waals surface area contributed by atoms with Crippen molar-refractivity contribution in [3.05, 3.63) is 56.5 Å². The third-order valence-corrected chi connectivity index (χ3v) is 7.29. The SMILES string of the molecule is Nc1nc2[nH]cc(CN(C3CCCC3)S(=O)(=O)c3ccccc3[N+](=O)[O-])c2c(=O)[nH]1. The van der Waals surface area contributed by atoms with E-state index in [0.29, 0.717) is 18.4 Å². The average molecular weight is 432 g/mol. The fraction of sp³-hybridized carbons (Fsp3) is 0.333. The fourth-order valence-corrected chi connectivity index (χ4v) is 5.79. The molecule has 1 aliphatic carbocycles. The standard InChI is InChI=1S/C18H20N6O5S/c19-18-21-16-15(17(25)22-18)11(9-20-16)10-23(12-5-1-2-6-12)30(28,29)14-8-4-3-7-13(14)24(26)27/h3-4,7-9,12H,1-2,5-6,10H2,(H4,19,20,21,22,25). The summed E-state index contributed by atoms with van der Waals surface area (Å²) in [6.07, 6.45) is 4.52. The number of nitro groups is 1. The van der Waals surface area contributed by atoms with E-state index in [0.717, 1.165) is 12.8 Å². The lowest BCUT2D eigenvalue weighted by Gasteiger charge is -2.27. The summed E-state index contributed by atoms with van der Waals surface area (Å²) in [5, 5.41) is 11.6. The number of fused-ring (bicyclic) bond motifs is 1. The van der Waals surface area contributed by atoms with Crippen molar-refractivity contribution in [3.8, 4) is 0 Å². The quantitative estimate of drug-likeness (QED) is 0.394. The normalized spacial score (nSPS) is 15.2. The molecule has 0 saturated heterocycles. The van der Waals surface area contributed by atoms with E-state index in [9.17, 15) is 23.3 Å². The first-order valence-corrected chi connectivity index (χ1v) is 10.8. The monoisotopic (exact) mass is 432 g/mol. The average Bonchev–Trinajstić information content (AvgIpc) is 3.35. The Morgan fingerprint density at radius 3 is 2.67 bits per heavy atom. The molecule has 1 aromatic carbocycles. The molecule has 0 bridgehead atoms. The summed E-state index contributed by atoms with van der Waals surface area (Å²) in [6, 6.07) is 4.96. The molecule has 1 saturated carbocycles. The van der Waals surface area contributed by atoms with Crippen LogP contribution in [0.1, 0.15) is 31.2 Å². The number of hydrogen-bond acceptors (Lipinski definition) is 7. The van der Waals surface area contributed by atoms with Crippen LogP contribution < -0.4 is 11.3 Å². The maximum absolute atomic E-state index is 13.5. The number of nitrogen functional groups attached to an aromatic ring is 1. The zero-order chi connectivity index (χ0) is 21.5. The maximum atomic E-state index is 13.5. The highest BCUT2D eigenvalue weighted by Gasteiger charge is 2.37. The molecule has 0 amide bonds. The number of anilines is 1. The van der Waals surface area contributed by atoms with Gasteiger partial charge in [0.15, 0.2) is 4.90 Å². The molecule has 12 heteroatoms. The summed E-state index contributed by atoms with van der Waals surface area (Å²) in [5.74, 6) is -0.0546. The van der Waals surface area contributed by atoms with Crippen LogP contribution in [-0.4, -0.2) is 38.6 Å². The van der Waals surface area contributed by atoms with Gasteiger partial charge in [0.1, 0.15) is 5.65 Å². The number of nitrogens with two attached hydrogens (primary N) is 1. The maximum Gasteiger partial charge on any atom is 0.289 e. The molecule has 1 aliphatic rings. The van der Waals surface area contributed by atoms with Crippen LogP contribution in [0.3, 0.4) is 0 Å². The first-order chi connectivity index (χ1) is 14.3. The van der Waals surface area contributed by atoms with Gasteiger partial charge < -0.3 is 10.7 Å². The van der Waals surface area contributed by atoms with Crippen molar-refractivity contribution in [3.63, 3.8) is 0 Å². The van der Waals surface area contributed by atoms with Gasteiger partial charge in [-0.3, -0.25) is 19.9 Å². The second-order valence-electron chi connectivity index (χ2n) is 7.20. The second kappa shape index (κ2) is 7.54. The first-order valence-electron chi connectivity index (χ1n) is 9.40. The van der Waals surface area contributed by atoms with Crippen LogP contribution in [0.25, 0.3) is 11.0 Å². The molecule has 158 valence electrons. The van der Waals surface area contributed by atoms with E-state index >= 15 is 0 Å². The van der Waals surface area contributed by atoms with Crippen molar-refractivity contribution < 1.29 is 13.3 Å². The molecule has 0 unspecified atom stereocenters. The highest BCUT2D eigenvalue weighted by atomic mass is 32.2. The molecular formula is C18H20N6O5S. The van der Waals surface area contributed by atoms with E-state index in [1.54, 1.807) is 0 Å². The van der Waals surface area contributed by atoms with Crippen LogP contribution in [0.4, 0.5) is 11.6 Å². The Morgan fingerprint density at radius 2 is 1.97 bits per heavy atom. The number of nitrogens with zero attached hydrogens (tertiary/aromatic N) is 3. The van der Waals surface area contributed by atoms with Crippen LogP contribution in [0.15, 0.2) is 40.2 Å². The molecule has 2 heterocycles. The molecule has 11 nitrogen and oxygen atoms in total. The summed E-state index contributed by atoms with van der Waals surface area (Å²) in [6.45, 7) is -0.117. The Kier molecular flexibility index (Phi) is 5.03. The summed E-state index contributed by atoms with van der Waals surface area (Å²) in [5.41, 5.74) is 5.28. The third-order valence-electron chi connectivity index (χ3n) is 5.35. The van der Waals surface area contributed by atoms with Crippen molar-refractivity contribution in [2.45, 2.75) is 43.2 Å². The predicted molar refractivity (Wildman–Crippen MR) is 109 cm³/mol. The molecule has 4 N–H and O–H groups in total. The predicted octanol–water partition coefficient (Wildman–Crippen LogP) is 1.88. The Balaban J connectivity index is 1.83. The lowest BCUT2D eigenvalue weighted by atomic mass is 10.2. The van der Waals surface area contributed by atoms with Crippen molar-refractivity contribution in [2.75, 3.05) is 5.73 Å². The number of sulfonamides is 1. The van der Waals surface area contributed by atoms with Gasteiger partial charge in [0.25, 0.3) is 11.2 Å². The van der Waals surface area contributed by atoms with Gasteiger partial charge in [-0.2, -0.15) is 9.29 Å². The van der Waals surface area contributed by atoms with Gasteiger partial charge in [-0.1, -0.05) is 25.0 Å². The highest BCUT2D eigenvalue weighted by Crippen LogP contribution is 2.34. The molecule has 4 rings (SSSR count). The van der Waals surface area contributed by atoms with Crippen molar-refractivity contribution in [2.24, 2.45) is 0 Å². The smallest absolute Gasteiger partial charge is 0.289 e. The number of H-pyrrole nitrogens is 2. The number of hydrogen-bond donors (Lipinski definition) is 3. The van der Waals surface area contributed by atoms with Gasteiger partial charge in [-0.05, 0) is 24.5 Å². The van der Waals surface area contributed by atoms with E-state index in [4.69, 9.17) is 5.73 Å². The zero-order valence-electron chi connectivity index (χ0n) is 15.9. The van der Waals surface area contributed by atoms with Gasteiger partial charge in [-0.15, -0.1) is 0 Å². The number of para-hydroxylation sites is 1. The second-order valence-corrected chi connectivity index (χ2v) is 9.06. The summed E-state index contributed by atoms with van der Waals surface area (Å²) in [7, 11) is -4.21. The number of aromatic amines is 2. The Labute approximate surface area is 171 Å². The third kappa shape index (κ3) is 3.44. The number of nitro benzene ring substituents is 1. The lowest BCUT2D eigenvalue weighted by Crippen LogP contribution is -2.38. The lowest BCUT2D eigenvalue weighted by molar-refractivity contribution is -0.387. The van der Waals surface area contributed by atoms with E-state index in [1.807, 2.05) is 0 Å². The molecule has 30 heavy (non-hydrogen) atoms. The Hall–Kier alpha value is -3.25. The molecule has 2 aromatic heterocycles. The highest BCUT2D eigenvalue weighted by molar-refractivity contribution is 7.89. The fourth-order valence-electron chi connectivity index (χ4n) is 3.97. The van der Waals surface area contributed by atoms with E-state index in [-0.39, 0.29) is 34.5 Å². The summed E-state index contributed by atoms with van der Waals surface area (Å²) in [4.78, 5) is 32.0. The van der Waals surface area contributed by atoms with Gasteiger partial charge in [-0.25, -0.2) is 8.42 Å². The van der Waals surface area contributed by atoms with Crippen LogP contribution in [0.5, 0.6) is 0 Å².